The van der Waals surface area contributed by atoms with Crippen molar-refractivity contribution < 1.29 is 14.2 Å². The Kier molecular flexibility index (Phi) is 9.36. The summed E-state index contributed by atoms with van der Waals surface area (Å²) in [5, 5.41) is 3.33. The molecular formula is C14H29N3O3. The van der Waals surface area contributed by atoms with Gasteiger partial charge in [0.1, 0.15) is 0 Å². The number of hydrogen-bond acceptors (Lipinski definition) is 4. The zero-order chi connectivity index (χ0) is 14.6. The summed E-state index contributed by atoms with van der Waals surface area (Å²) in [6, 6.07) is 0. The molecule has 1 saturated heterocycles. The largest absolute Gasteiger partial charge is 0.382 e. The molecule has 1 N–H and O–H groups in total. The first-order valence-electron chi connectivity index (χ1n) is 7.41. The summed E-state index contributed by atoms with van der Waals surface area (Å²) in [6.45, 7) is 8.45. The number of nitrogens with one attached hydrogen (secondary N) is 1. The van der Waals surface area contributed by atoms with E-state index in [4.69, 9.17) is 14.2 Å². The number of rotatable bonds is 9. The van der Waals surface area contributed by atoms with Gasteiger partial charge in [0.05, 0.1) is 26.4 Å². The van der Waals surface area contributed by atoms with Crippen molar-refractivity contribution in [2.24, 2.45) is 10.9 Å². The van der Waals surface area contributed by atoms with Crippen LogP contribution in [0, 0.1) is 5.92 Å². The number of guanidine groups is 1. The van der Waals surface area contributed by atoms with Crippen LogP contribution in [0.25, 0.3) is 0 Å². The number of methoxy groups -OCH3 is 1. The van der Waals surface area contributed by atoms with E-state index in [9.17, 15) is 0 Å². The van der Waals surface area contributed by atoms with Crippen molar-refractivity contribution in [3.63, 3.8) is 0 Å². The number of ether oxygens (including phenoxy) is 3. The normalized spacial score (nSPS) is 19.6. The van der Waals surface area contributed by atoms with Crippen molar-refractivity contribution >= 4 is 5.96 Å². The van der Waals surface area contributed by atoms with E-state index in [1.165, 1.54) is 0 Å². The van der Waals surface area contributed by atoms with E-state index < -0.39 is 0 Å². The molecule has 0 aromatic rings. The molecule has 1 heterocycles. The van der Waals surface area contributed by atoms with Gasteiger partial charge in [0, 0.05) is 46.3 Å². The second-order valence-corrected chi connectivity index (χ2v) is 4.84. The van der Waals surface area contributed by atoms with Crippen molar-refractivity contribution in [1.29, 1.82) is 0 Å². The van der Waals surface area contributed by atoms with E-state index in [2.05, 4.69) is 15.2 Å². The average Bonchev–Trinajstić information content (AvgIpc) is 2.92. The molecule has 0 aliphatic carbocycles. The predicted octanol–water partition coefficient (Wildman–Crippen LogP) is 0.583. The van der Waals surface area contributed by atoms with Crippen LogP contribution in [0.3, 0.4) is 0 Å². The maximum Gasteiger partial charge on any atom is 0.193 e. The van der Waals surface area contributed by atoms with E-state index in [1.807, 2.05) is 14.0 Å². The van der Waals surface area contributed by atoms with Gasteiger partial charge in [0.25, 0.3) is 0 Å². The molecule has 0 aromatic carbocycles. The Morgan fingerprint density at radius 3 is 2.85 bits per heavy atom. The molecule has 0 bridgehead atoms. The van der Waals surface area contributed by atoms with Gasteiger partial charge in [-0.2, -0.15) is 0 Å². The zero-order valence-corrected chi connectivity index (χ0v) is 13.1. The Balaban J connectivity index is 2.19. The fourth-order valence-corrected chi connectivity index (χ4v) is 2.26. The topological polar surface area (TPSA) is 55.3 Å². The lowest BCUT2D eigenvalue weighted by Crippen LogP contribution is -2.41. The second kappa shape index (κ2) is 10.9. The van der Waals surface area contributed by atoms with Crippen molar-refractivity contribution in [1.82, 2.24) is 10.2 Å². The zero-order valence-electron chi connectivity index (χ0n) is 13.1. The number of likely N-dealkylation sites (tertiary alicyclic amines) is 1. The van der Waals surface area contributed by atoms with Crippen molar-refractivity contribution in [3.8, 4) is 0 Å². The van der Waals surface area contributed by atoms with Gasteiger partial charge in [-0.15, -0.1) is 0 Å². The third kappa shape index (κ3) is 6.54. The highest BCUT2D eigenvalue weighted by Gasteiger charge is 2.24. The van der Waals surface area contributed by atoms with Gasteiger partial charge in [0.2, 0.25) is 0 Å². The minimum Gasteiger partial charge on any atom is -0.382 e. The predicted molar refractivity (Wildman–Crippen MR) is 80.2 cm³/mol. The van der Waals surface area contributed by atoms with Crippen LogP contribution in [0.2, 0.25) is 0 Å². The maximum absolute atomic E-state index is 5.60. The van der Waals surface area contributed by atoms with Gasteiger partial charge in [-0.25, -0.2) is 0 Å². The molecule has 1 atom stereocenters. The molecule has 0 aromatic heterocycles. The van der Waals surface area contributed by atoms with Crippen molar-refractivity contribution in [2.75, 3.05) is 66.8 Å². The molecule has 0 amide bonds. The van der Waals surface area contributed by atoms with Gasteiger partial charge in [-0.3, -0.25) is 4.99 Å². The number of aliphatic imine (C=N–C) groups is 1. The number of hydrogen-bond donors (Lipinski definition) is 1. The molecule has 0 spiro atoms. The highest BCUT2D eigenvalue weighted by molar-refractivity contribution is 5.80. The van der Waals surface area contributed by atoms with Gasteiger partial charge in [0.15, 0.2) is 5.96 Å². The fraction of sp³-hybridized carbons (Fsp3) is 0.929. The smallest absolute Gasteiger partial charge is 0.193 e. The van der Waals surface area contributed by atoms with Crippen LogP contribution >= 0.6 is 0 Å². The lowest BCUT2D eigenvalue weighted by atomic mass is 10.1. The Labute approximate surface area is 122 Å². The van der Waals surface area contributed by atoms with Gasteiger partial charge < -0.3 is 24.4 Å². The highest BCUT2D eigenvalue weighted by atomic mass is 16.5. The van der Waals surface area contributed by atoms with E-state index in [0.29, 0.717) is 25.7 Å². The lowest BCUT2D eigenvalue weighted by Gasteiger charge is -2.21. The highest BCUT2D eigenvalue weighted by Crippen LogP contribution is 2.16. The Hall–Kier alpha value is -0.850. The van der Waals surface area contributed by atoms with E-state index in [1.54, 1.807) is 7.11 Å². The summed E-state index contributed by atoms with van der Waals surface area (Å²) in [4.78, 5) is 6.61. The third-order valence-corrected chi connectivity index (χ3v) is 3.32. The van der Waals surface area contributed by atoms with Crippen LogP contribution < -0.4 is 5.32 Å². The Bertz CT molecular complexity index is 274. The molecule has 6 nitrogen and oxygen atoms in total. The number of nitrogens with zero attached hydrogens (tertiary/aromatic N) is 2. The quantitative estimate of drug-likeness (QED) is 0.382. The van der Waals surface area contributed by atoms with Crippen molar-refractivity contribution in [2.45, 2.75) is 13.3 Å². The summed E-state index contributed by atoms with van der Waals surface area (Å²) in [6.07, 6.45) is 1.15. The molecule has 1 unspecified atom stereocenters. The molecule has 1 aliphatic heterocycles. The van der Waals surface area contributed by atoms with E-state index in [0.717, 1.165) is 45.2 Å². The lowest BCUT2D eigenvalue weighted by molar-refractivity contribution is 0.0536. The molecule has 0 saturated carbocycles. The molecule has 6 heteroatoms. The molecule has 1 fully saturated rings. The van der Waals surface area contributed by atoms with Crippen LogP contribution in [-0.4, -0.2) is 77.7 Å². The first-order chi connectivity index (χ1) is 9.81. The molecular weight excluding hydrogens is 258 g/mol. The summed E-state index contributed by atoms with van der Waals surface area (Å²) >= 11 is 0. The summed E-state index contributed by atoms with van der Waals surface area (Å²) < 4.78 is 15.9. The monoisotopic (exact) mass is 287 g/mol. The minimum atomic E-state index is 0.581. The van der Waals surface area contributed by atoms with Gasteiger partial charge in [-0.1, -0.05) is 0 Å². The third-order valence-electron chi connectivity index (χ3n) is 3.32. The van der Waals surface area contributed by atoms with Crippen LogP contribution in [0.5, 0.6) is 0 Å². The molecule has 0 radical (unpaired) electrons. The summed E-state index contributed by atoms with van der Waals surface area (Å²) in [5.74, 6) is 1.54. The first-order valence-corrected chi connectivity index (χ1v) is 7.41. The van der Waals surface area contributed by atoms with Crippen LogP contribution in [0.4, 0.5) is 0 Å². The van der Waals surface area contributed by atoms with Gasteiger partial charge >= 0.3 is 0 Å². The Morgan fingerprint density at radius 2 is 2.15 bits per heavy atom. The molecule has 1 aliphatic rings. The maximum atomic E-state index is 5.60. The van der Waals surface area contributed by atoms with Crippen LogP contribution in [0.1, 0.15) is 13.3 Å². The molecule has 118 valence electrons. The Morgan fingerprint density at radius 1 is 1.30 bits per heavy atom. The second-order valence-electron chi connectivity index (χ2n) is 4.84. The van der Waals surface area contributed by atoms with Gasteiger partial charge in [-0.05, 0) is 13.3 Å². The molecule has 20 heavy (non-hydrogen) atoms. The fourth-order valence-electron chi connectivity index (χ4n) is 2.26. The molecule has 1 rings (SSSR count). The standard InChI is InChI=1S/C14H29N3O3/c1-4-19-8-6-16-14(15-2)17-7-5-13(11-17)12-20-10-9-18-3/h13H,4-12H2,1-3H3,(H,15,16). The van der Waals surface area contributed by atoms with Crippen LogP contribution in [-0.2, 0) is 14.2 Å². The summed E-state index contributed by atoms with van der Waals surface area (Å²) in [7, 11) is 3.52. The van der Waals surface area contributed by atoms with E-state index in [-0.39, 0.29) is 0 Å². The average molecular weight is 287 g/mol. The van der Waals surface area contributed by atoms with Crippen molar-refractivity contribution in [3.05, 3.63) is 0 Å². The minimum absolute atomic E-state index is 0.581. The SMILES string of the molecule is CCOCCNC(=NC)N1CCC(COCCOC)C1. The van der Waals surface area contributed by atoms with Crippen LogP contribution in [0.15, 0.2) is 4.99 Å². The van der Waals surface area contributed by atoms with E-state index >= 15 is 0 Å². The first kappa shape index (κ1) is 17.2. The summed E-state index contributed by atoms with van der Waals surface area (Å²) in [5.41, 5.74) is 0.